The predicted octanol–water partition coefficient (Wildman–Crippen LogP) is 6.04. The molecule has 2 N–H and O–H groups in total. The number of methoxy groups -OCH3 is 1. The van der Waals surface area contributed by atoms with Crippen molar-refractivity contribution in [3.05, 3.63) is 33.8 Å². The van der Waals surface area contributed by atoms with Gasteiger partial charge >= 0.3 is 0 Å². The maximum Gasteiger partial charge on any atom is 0.222 e. The molecule has 3 rings (SSSR count). The van der Waals surface area contributed by atoms with Gasteiger partial charge in [-0.25, -0.2) is 0 Å². The molecule has 1 aromatic carbocycles. The number of amides is 1. The second-order valence-electron chi connectivity index (χ2n) is 10.7. The first-order valence-electron chi connectivity index (χ1n) is 13.5. The third kappa shape index (κ3) is 7.82. The van der Waals surface area contributed by atoms with Crippen LogP contribution in [0.5, 0.6) is 0 Å². The molecule has 5 nitrogen and oxygen atoms in total. The van der Waals surface area contributed by atoms with Gasteiger partial charge in [-0.1, -0.05) is 61.0 Å². The van der Waals surface area contributed by atoms with E-state index in [0.29, 0.717) is 47.5 Å². The fourth-order valence-electron chi connectivity index (χ4n) is 6.25. The highest BCUT2D eigenvalue weighted by Crippen LogP contribution is 2.44. The third-order valence-corrected chi connectivity index (χ3v) is 8.94. The van der Waals surface area contributed by atoms with Crippen LogP contribution in [0.25, 0.3) is 0 Å². The van der Waals surface area contributed by atoms with E-state index < -0.39 is 5.60 Å². The van der Waals surface area contributed by atoms with Crippen molar-refractivity contribution in [1.82, 2.24) is 10.2 Å². The molecule has 2 aliphatic rings. The summed E-state index contributed by atoms with van der Waals surface area (Å²) in [5.41, 5.74) is -0.458. The summed E-state index contributed by atoms with van der Waals surface area (Å²) in [6.07, 6.45) is 10.9. The standard InChI is InChI=1S/C28H44Cl2N2O3/c1-31-19-22(17-21-9-3-4-10-21)18-26(33)32-15-8-11-23(20-32)28(34,14-5-6-16-35-2)24-12-7-13-25(29)27(24)30/h7,12-13,21-23,31,34H,3-6,8-11,14-20H2,1-2H3/t22-,23-,28+/m1/s1. The summed E-state index contributed by atoms with van der Waals surface area (Å²) in [6.45, 7) is 2.84. The quantitative estimate of drug-likeness (QED) is 0.307. The van der Waals surface area contributed by atoms with Gasteiger partial charge in [0, 0.05) is 44.7 Å². The molecule has 1 saturated heterocycles. The Morgan fingerprint density at radius 2 is 2.00 bits per heavy atom. The zero-order chi connectivity index (χ0) is 25.3. The fourth-order valence-corrected chi connectivity index (χ4v) is 6.72. The number of likely N-dealkylation sites (tertiary alicyclic amines) is 1. The topological polar surface area (TPSA) is 61.8 Å². The van der Waals surface area contributed by atoms with Crippen molar-refractivity contribution in [1.29, 1.82) is 0 Å². The Hall–Kier alpha value is -0.850. The van der Waals surface area contributed by atoms with Crippen molar-refractivity contribution in [2.75, 3.05) is 40.4 Å². The van der Waals surface area contributed by atoms with Crippen molar-refractivity contribution < 1.29 is 14.6 Å². The molecule has 198 valence electrons. The predicted molar refractivity (Wildman–Crippen MR) is 144 cm³/mol. The Morgan fingerprint density at radius 1 is 1.23 bits per heavy atom. The SMILES string of the molecule is CNC[C@@H](CC(=O)N1CCC[C@@H]([C@@](O)(CCCCOC)c2cccc(Cl)c2Cl)C1)CC1CCCC1. The minimum Gasteiger partial charge on any atom is -0.385 e. The normalized spacial score (nSPS) is 21.7. The van der Waals surface area contributed by atoms with Gasteiger partial charge in [0.05, 0.1) is 15.6 Å². The summed E-state index contributed by atoms with van der Waals surface area (Å²) in [6, 6.07) is 5.48. The minimum atomic E-state index is -1.14. The van der Waals surface area contributed by atoms with E-state index >= 15 is 0 Å². The number of hydrogen-bond acceptors (Lipinski definition) is 4. The molecule has 3 atom stereocenters. The van der Waals surface area contributed by atoms with E-state index in [0.717, 1.165) is 51.1 Å². The van der Waals surface area contributed by atoms with Gasteiger partial charge in [-0.2, -0.15) is 0 Å². The lowest BCUT2D eigenvalue weighted by molar-refractivity contribution is -0.137. The molecule has 0 unspecified atom stereocenters. The van der Waals surface area contributed by atoms with Crippen LogP contribution >= 0.6 is 23.2 Å². The highest BCUT2D eigenvalue weighted by atomic mass is 35.5. The van der Waals surface area contributed by atoms with Gasteiger partial charge in [0.1, 0.15) is 0 Å². The average Bonchev–Trinajstić information content (AvgIpc) is 3.36. The van der Waals surface area contributed by atoms with Crippen molar-refractivity contribution >= 4 is 29.1 Å². The summed E-state index contributed by atoms with van der Waals surface area (Å²) < 4.78 is 5.22. The number of halogens is 2. The van der Waals surface area contributed by atoms with Gasteiger partial charge in [-0.05, 0) is 70.0 Å². The monoisotopic (exact) mass is 526 g/mol. The summed E-state index contributed by atoms with van der Waals surface area (Å²) in [7, 11) is 3.67. The molecule has 0 bridgehead atoms. The number of unbranched alkanes of at least 4 members (excludes halogenated alkanes) is 1. The van der Waals surface area contributed by atoms with Gasteiger partial charge in [0.25, 0.3) is 0 Å². The Kier molecular flexibility index (Phi) is 11.6. The molecule has 1 amide bonds. The Balaban J connectivity index is 1.73. The number of rotatable bonds is 13. The van der Waals surface area contributed by atoms with E-state index in [9.17, 15) is 9.90 Å². The van der Waals surface area contributed by atoms with Crippen LogP contribution in [0.2, 0.25) is 10.0 Å². The van der Waals surface area contributed by atoms with Crippen LogP contribution in [0.1, 0.15) is 76.2 Å². The van der Waals surface area contributed by atoms with Crippen LogP contribution in [-0.4, -0.2) is 56.3 Å². The molecule has 35 heavy (non-hydrogen) atoms. The molecule has 7 heteroatoms. The van der Waals surface area contributed by atoms with E-state index in [1.54, 1.807) is 13.2 Å². The number of carbonyl (C=O) groups is 1. The molecule has 2 fully saturated rings. The van der Waals surface area contributed by atoms with Crippen LogP contribution < -0.4 is 5.32 Å². The van der Waals surface area contributed by atoms with Gasteiger partial charge in [0.2, 0.25) is 5.91 Å². The number of piperidine rings is 1. The smallest absolute Gasteiger partial charge is 0.222 e. The second kappa shape index (κ2) is 14.2. The maximum atomic E-state index is 13.4. The summed E-state index contributed by atoms with van der Waals surface area (Å²) in [5.74, 6) is 1.26. The lowest BCUT2D eigenvalue weighted by Crippen LogP contribution is -2.48. The maximum absolute atomic E-state index is 13.4. The van der Waals surface area contributed by atoms with E-state index in [4.69, 9.17) is 27.9 Å². The number of nitrogens with one attached hydrogen (secondary N) is 1. The molecule has 1 aliphatic heterocycles. The van der Waals surface area contributed by atoms with Crippen molar-refractivity contribution in [2.45, 2.75) is 76.2 Å². The van der Waals surface area contributed by atoms with Crippen LogP contribution in [-0.2, 0) is 15.1 Å². The van der Waals surface area contributed by atoms with Crippen molar-refractivity contribution in [3.63, 3.8) is 0 Å². The molecule has 1 heterocycles. The van der Waals surface area contributed by atoms with Gasteiger partial charge in [-0.15, -0.1) is 0 Å². The molecule has 0 spiro atoms. The minimum absolute atomic E-state index is 0.0868. The van der Waals surface area contributed by atoms with Crippen LogP contribution in [0, 0.1) is 17.8 Å². The highest BCUT2D eigenvalue weighted by molar-refractivity contribution is 6.42. The van der Waals surface area contributed by atoms with E-state index in [1.807, 2.05) is 24.1 Å². The van der Waals surface area contributed by atoms with Gasteiger partial charge < -0.3 is 20.1 Å². The fraction of sp³-hybridized carbons (Fsp3) is 0.750. The van der Waals surface area contributed by atoms with Crippen LogP contribution in [0.15, 0.2) is 18.2 Å². The first-order chi connectivity index (χ1) is 16.9. The largest absolute Gasteiger partial charge is 0.385 e. The van der Waals surface area contributed by atoms with E-state index in [2.05, 4.69) is 5.32 Å². The lowest BCUT2D eigenvalue weighted by Gasteiger charge is -2.43. The van der Waals surface area contributed by atoms with E-state index in [1.165, 1.54) is 25.7 Å². The number of nitrogens with zero attached hydrogens (tertiary/aromatic N) is 1. The number of benzene rings is 1. The summed E-state index contributed by atoms with van der Waals surface area (Å²) >= 11 is 13.0. The zero-order valence-electron chi connectivity index (χ0n) is 21.5. The lowest BCUT2D eigenvalue weighted by atomic mass is 9.74. The molecule has 1 aromatic rings. The van der Waals surface area contributed by atoms with Crippen LogP contribution in [0.3, 0.4) is 0 Å². The van der Waals surface area contributed by atoms with Crippen LogP contribution in [0.4, 0.5) is 0 Å². The first-order valence-corrected chi connectivity index (χ1v) is 14.2. The Bertz CT molecular complexity index is 802. The number of hydrogen-bond donors (Lipinski definition) is 2. The number of aliphatic hydroxyl groups is 1. The summed E-state index contributed by atoms with van der Waals surface area (Å²) in [4.78, 5) is 15.4. The molecule has 0 aromatic heterocycles. The zero-order valence-corrected chi connectivity index (χ0v) is 23.0. The second-order valence-corrected chi connectivity index (χ2v) is 11.5. The van der Waals surface area contributed by atoms with Gasteiger partial charge in [-0.3, -0.25) is 4.79 Å². The number of carbonyl (C=O) groups excluding carboxylic acids is 1. The van der Waals surface area contributed by atoms with Crippen molar-refractivity contribution in [3.8, 4) is 0 Å². The third-order valence-electron chi connectivity index (χ3n) is 8.12. The van der Waals surface area contributed by atoms with Crippen molar-refractivity contribution in [2.24, 2.45) is 17.8 Å². The number of ether oxygens (including phenoxy) is 1. The molecule has 1 saturated carbocycles. The summed E-state index contributed by atoms with van der Waals surface area (Å²) in [5, 5.41) is 16.3. The average molecular weight is 528 g/mol. The Labute approximate surface area is 221 Å². The Morgan fingerprint density at radius 3 is 2.71 bits per heavy atom. The molecule has 1 aliphatic carbocycles. The highest BCUT2D eigenvalue weighted by Gasteiger charge is 2.42. The van der Waals surface area contributed by atoms with E-state index in [-0.39, 0.29) is 11.8 Å². The van der Waals surface area contributed by atoms with Gasteiger partial charge in [0.15, 0.2) is 0 Å². The first kappa shape index (κ1) is 28.7. The molecule has 0 radical (unpaired) electrons. The molecular formula is C28H44Cl2N2O3. The molecular weight excluding hydrogens is 483 g/mol.